The molecule has 0 radical (unpaired) electrons. The number of hydrogen-bond acceptors (Lipinski definition) is 4. The standard InChI is InChI=1S/C13H32NO4Si2/c1-5-11-17-20(18-12-6-2)19-13-9-10-14(19,15-7-3)16-8-4/h19-20H,5-13H2,1-4H3/q+1. The summed E-state index contributed by atoms with van der Waals surface area (Å²) in [6.45, 7) is 12.3. The van der Waals surface area contributed by atoms with Gasteiger partial charge in [-0.15, -0.1) is 0 Å². The van der Waals surface area contributed by atoms with Crippen molar-refractivity contribution in [2.75, 3.05) is 33.0 Å². The van der Waals surface area contributed by atoms with Crippen molar-refractivity contribution < 1.29 is 23.0 Å². The lowest BCUT2D eigenvalue weighted by atomic mass is 10.5. The molecule has 120 valence electrons. The first-order valence-corrected chi connectivity index (χ1v) is 13.1. The Hall–Kier alpha value is 0.234. The van der Waals surface area contributed by atoms with E-state index >= 15 is 0 Å². The molecule has 20 heavy (non-hydrogen) atoms. The number of hydroxylamine groups is 2. The zero-order chi connectivity index (χ0) is 14.8. The fourth-order valence-electron chi connectivity index (χ4n) is 2.74. The zero-order valence-corrected chi connectivity index (χ0v) is 15.9. The molecule has 7 heteroatoms. The number of hydrogen-bond donors (Lipinski definition) is 0. The fraction of sp³-hybridized carbons (Fsp3) is 1.00. The summed E-state index contributed by atoms with van der Waals surface area (Å²) < 4.78 is 12.7. The number of nitrogens with zero attached hydrogens (tertiary/aromatic N) is 1. The van der Waals surface area contributed by atoms with Gasteiger partial charge in [-0.2, -0.15) is 9.68 Å². The van der Waals surface area contributed by atoms with Gasteiger partial charge >= 0.3 is 17.3 Å². The van der Waals surface area contributed by atoms with Gasteiger partial charge < -0.3 is 8.85 Å². The van der Waals surface area contributed by atoms with Gasteiger partial charge in [-0.05, 0) is 26.7 Å². The number of rotatable bonds is 11. The van der Waals surface area contributed by atoms with E-state index in [4.69, 9.17) is 18.5 Å². The van der Waals surface area contributed by atoms with Crippen LogP contribution in [-0.2, 0) is 18.5 Å². The smallest absolute Gasteiger partial charge is 0.377 e. The summed E-state index contributed by atoms with van der Waals surface area (Å²) in [6.07, 6.45) is 3.26. The molecule has 0 aromatic rings. The van der Waals surface area contributed by atoms with E-state index in [1.54, 1.807) is 0 Å². The van der Waals surface area contributed by atoms with Crippen LogP contribution in [0.3, 0.4) is 0 Å². The van der Waals surface area contributed by atoms with E-state index in [-0.39, 0.29) is 0 Å². The van der Waals surface area contributed by atoms with Gasteiger partial charge in [-0.1, -0.05) is 18.3 Å². The highest BCUT2D eigenvalue weighted by Crippen LogP contribution is 2.29. The normalized spacial score (nSPS) is 21.8. The first-order valence-electron chi connectivity index (χ1n) is 8.14. The van der Waals surface area contributed by atoms with Crippen LogP contribution in [-0.4, -0.2) is 54.7 Å². The Bertz CT molecular complexity index is 245. The van der Waals surface area contributed by atoms with Gasteiger partial charge in [0.05, 0.1) is 0 Å². The lowest BCUT2D eigenvalue weighted by Gasteiger charge is -2.35. The highest BCUT2D eigenvalue weighted by Gasteiger charge is 2.56. The van der Waals surface area contributed by atoms with E-state index in [0.29, 0.717) is 17.7 Å². The van der Waals surface area contributed by atoms with Crippen molar-refractivity contribution in [3.05, 3.63) is 0 Å². The second-order valence-electron chi connectivity index (χ2n) is 5.10. The molecule has 1 atom stereocenters. The van der Waals surface area contributed by atoms with Crippen LogP contribution in [0.15, 0.2) is 0 Å². The first kappa shape index (κ1) is 18.3. The summed E-state index contributed by atoms with van der Waals surface area (Å²) in [7, 11) is -3.01. The molecule has 1 heterocycles. The van der Waals surface area contributed by atoms with Gasteiger partial charge in [0, 0.05) is 25.7 Å². The maximum atomic E-state index is 6.13. The molecule has 5 nitrogen and oxygen atoms in total. The highest BCUT2D eigenvalue weighted by atomic mass is 29.2. The third-order valence-electron chi connectivity index (χ3n) is 3.46. The van der Waals surface area contributed by atoms with Gasteiger partial charge in [0.2, 0.25) is 0 Å². The SMILES string of the molecule is CCCO[SiH](OCCC)[SiH]1CCC[N+]1(OCC)OCC. The Morgan fingerprint density at radius 1 is 0.950 bits per heavy atom. The quantitative estimate of drug-likeness (QED) is 0.545. The van der Waals surface area contributed by atoms with Gasteiger partial charge in [0.15, 0.2) is 0 Å². The third kappa shape index (κ3) is 4.90. The van der Waals surface area contributed by atoms with Crippen LogP contribution in [0.2, 0.25) is 6.04 Å². The minimum Gasteiger partial charge on any atom is -0.395 e. The molecule has 0 saturated carbocycles. The monoisotopic (exact) mass is 322 g/mol. The summed E-state index contributed by atoms with van der Waals surface area (Å²) in [5.74, 6) is 0. The maximum Gasteiger partial charge on any atom is 0.377 e. The Morgan fingerprint density at radius 3 is 1.95 bits per heavy atom. The first-order chi connectivity index (χ1) is 9.74. The van der Waals surface area contributed by atoms with Crippen LogP contribution >= 0.6 is 0 Å². The predicted molar refractivity (Wildman–Crippen MR) is 84.6 cm³/mol. The van der Waals surface area contributed by atoms with E-state index in [2.05, 4.69) is 13.8 Å². The Labute approximate surface area is 127 Å². The van der Waals surface area contributed by atoms with Gasteiger partial charge in [-0.25, -0.2) is 0 Å². The summed E-state index contributed by atoms with van der Waals surface area (Å²) >= 11 is 0. The lowest BCUT2D eigenvalue weighted by molar-refractivity contribution is -1.17. The molecule has 1 unspecified atom stereocenters. The van der Waals surface area contributed by atoms with E-state index < -0.39 is 17.3 Å². The fourth-order valence-corrected chi connectivity index (χ4v) is 12.8. The second-order valence-corrected chi connectivity index (χ2v) is 12.9. The van der Waals surface area contributed by atoms with Gasteiger partial charge in [-0.3, -0.25) is 0 Å². The Kier molecular flexibility index (Phi) is 9.18. The Balaban J connectivity index is 2.77. The average Bonchev–Trinajstić information content (AvgIpc) is 2.83. The molecule has 0 bridgehead atoms. The van der Waals surface area contributed by atoms with Gasteiger partial charge in [0.1, 0.15) is 19.8 Å². The van der Waals surface area contributed by atoms with Crippen LogP contribution in [0.5, 0.6) is 0 Å². The van der Waals surface area contributed by atoms with Crippen LogP contribution in [0.25, 0.3) is 0 Å². The van der Waals surface area contributed by atoms with Crippen LogP contribution in [0.4, 0.5) is 0 Å². The Morgan fingerprint density at radius 2 is 1.50 bits per heavy atom. The van der Waals surface area contributed by atoms with Crippen molar-refractivity contribution in [2.45, 2.75) is 53.0 Å². The lowest BCUT2D eigenvalue weighted by Crippen LogP contribution is -2.62. The predicted octanol–water partition coefficient (Wildman–Crippen LogP) is 1.99. The molecule has 0 spiro atoms. The molecule has 1 saturated heterocycles. The third-order valence-corrected chi connectivity index (χ3v) is 13.2. The second kappa shape index (κ2) is 10.0. The van der Waals surface area contributed by atoms with E-state index in [1.807, 2.05) is 13.8 Å². The van der Waals surface area contributed by atoms with E-state index in [1.165, 1.54) is 12.5 Å². The molecule has 1 aliphatic heterocycles. The topological polar surface area (TPSA) is 36.9 Å². The van der Waals surface area contributed by atoms with E-state index in [9.17, 15) is 0 Å². The van der Waals surface area contributed by atoms with Crippen molar-refractivity contribution in [1.82, 2.24) is 0 Å². The molecule has 1 aliphatic rings. The highest BCUT2D eigenvalue weighted by molar-refractivity contribution is 7.13. The van der Waals surface area contributed by atoms with Crippen molar-refractivity contribution in [1.29, 1.82) is 0 Å². The average molecular weight is 323 g/mol. The van der Waals surface area contributed by atoms with Crippen LogP contribution < -0.4 is 0 Å². The minimum atomic E-state index is -1.65. The molecule has 0 aromatic heterocycles. The summed E-state index contributed by atoms with van der Waals surface area (Å²) in [5.41, 5.74) is 0. The largest absolute Gasteiger partial charge is 0.395 e. The molecule has 0 N–H and O–H groups in total. The maximum absolute atomic E-state index is 6.13. The van der Waals surface area contributed by atoms with Crippen molar-refractivity contribution in [3.8, 4) is 0 Å². The van der Waals surface area contributed by atoms with Crippen LogP contribution in [0.1, 0.15) is 47.0 Å². The van der Waals surface area contributed by atoms with Crippen molar-refractivity contribution >= 4 is 17.3 Å². The molecule has 1 rings (SSSR count). The van der Waals surface area contributed by atoms with E-state index in [0.717, 1.165) is 32.6 Å². The molecule has 1 fully saturated rings. The molecule has 0 aromatic carbocycles. The van der Waals surface area contributed by atoms with Gasteiger partial charge in [0.25, 0.3) is 0 Å². The molecular weight excluding hydrogens is 290 g/mol. The molecular formula is C13H32NO4Si2+. The van der Waals surface area contributed by atoms with Crippen molar-refractivity contribution in [3.63, 3.8) is 0 Å². The van der Waals surface area contributed by atoms with Crippen molar-refractivity contribution in [2.24, 2.45) is 0 Å². The zero-order valence-electron chi connectivity index (χ0n) is 13.6. The van der Waals surface area contributed by atoms with Crippen LogP contribution in [0, 0.1) is 0 Å². The summed E-state index contributed by atoms with van der Waals surface area (Å²) in [6, 6.07) is 1.21. The minimum absolute atomic E-state index is 0.428. The number of quaternary nitrogens is 1. The molecule has 0 amide bonds. The summed E-state index contributed by atoms with van der Waals surface area (Å²) in [5, 5.41) is 0. The molecule has 0 aliphatic carbocycles. The summed E-state index contributed by atoms with van der Waals surface area (Å²) in [4.78, 5) is 12.1.